The van der Waals surface area contributed by atoms with Gasteiger partial charge in [0.2, 0.25) is 12.3 Å². The SMILES string of the molecule is CCOC(=O)C1=CC=[N+](Cc2ccccc2)CC1=O. The number of nitrogens with zero attached hydrogens (tertiary/aromatic N) is 1. The number of hydrogen-bond donors (Lipinski definition) is 0. The van der Waals surface area contributed by atoms with Crippen LogP contribution in [-0.2, 0) is 20.9 Å². The van der Waals surface area contributed by atoms with Gasteiger partial charge in [-0.15, -0.1) is 0 Å². The van der Waals surface area contributed by atoms with Gasteiger partial charge in [0.05, 0.1) is 6.61 Å². The number of ketones is 1. The number of allylic oxidation sites excluding steroid dienone is 1. The molecule has 0 aromatic heterocycles. The van der Waals surface area contributed by atoms with Crippen molar-refractivity contribution in [1.82, 2.24) is 0 Å². The molecule has 1 aliphatic heterocycles. The summed E-state index contributed by atoms with van der Waals surface area (Å²) < 4.78 is 6.71. The molecule has 0 saturated carbocycles. The zero-order valence-electron chi connectivity index (χ0n) is 10.8. The Morgan fingerprint density at radius 1 is 1.32 bits per heavy atom. The van der Waals surface area contributed by atoms with Gasteiger partial charge in [-0.25, -0.2) is 9.37 Å². The number of carbonyl (C=O) groups excluding carboxylic acids is 2. The lowest BCUT2D eigenvalue weighted by atomic mass is 10.1. The minimum atomic E-state index is -0.539. The molecule has 4 nitrogen and oxygen atoms in total. The average molecular weight is 258 g/mol. The Morgan fingerprint density at radius 3 is 2.68 bits per heavy atom. The highest BCUT2D eigenvalue weighted by Crippen LogP contribution is 2.07. The molecule has 0 atom stereocenters. The van der Waals surface area contributed by atoms with E-state index in [-0.39, 0.29) is 24.5 Å². The number of rotatable bonds is 4. The lowest BCUT2D eigenvalue weighted by molar-refractivity contribution is -0.527. The molecule has 98 valence electrons. The van der Waals surface area contributed by atoms with Crippen molar-refractivity contribution in [2.45, 2.75) is 13.5 Å². The molecular weight excluding hydrogens is 242 g/mol. The molecule has 19 heavy (non-hydrogen) atoms. The molecule has 0 saturated heterocycles. The second-order valence-electron chi connectivity index (χ2n) is 4.26. The van der Waals surface area contributed by atoms with E-state index in [0.29, 0.717) is 6.54 Å². The third-order valence-corrected chi connectivity index (χ3v) is 2.82. The third kappa shape index (κ3) is 3.37. The monoisotopic (exact) mass is 258 g/mol. The molecule has 0 radical (unpaired) electrons. The fourth-order valence-corrected chi connectivity index (χ4v) is 1.91. The van der Waals surface area contributed by atoms with Gasteiger partial charge in [-0.05, 0) is 6.92 Å². The van der Waals surface area contributed by atoms with Crippen LogP contribution in [0.5, 0.6) is 0 Å². The van der Waals surface area contributed by atoms with E-state index in [2.05, 4.69) is 0 Å². The molecule has 0 amide bonds. The van der Waals surface area contributed by atoms with Gasteiger partial charge in [-0.2, -0.15) is 0 Å². The molecule has 1 heterocycles. The second kappa shape index (κ2) is 6.09. The number of benzene rings is 1. The van der Waals surface area contributed by atoms with Gasteiger partial charge in [0, 0.05) is 11.6 Å². The highest BCUT2D eigenvalue weighted by Gasteiger charge is 2.26. The van der Waals surface area contributed by atoms with E-state index in [1.165, 1.54) is 6.08 Å². The zero-order valence-corrected chi connectivity index (χ0v) is 10.8. The second-order valence-corrected chi connectivity index (χ2v) is 4.26. The maximum absolute atomic E-state index is 11.9. The van der Waals surface area contributed by atoms with E-state index in [4.69, 9.17) is 4.74 Å². The van der Waals surface area contributed by atoms with Crippen LogP contribution in [0.4, 0.5) is 0 Å². The van der Waals surface area contributed by atoms with Crippen LogP contribution in [0, 0.1) is 0 Å². The molecule has 0 fully saturated rings. The van der Waals surface area contributed by atoms with Crippen molar-refractivity contribution in [2.75, 3.05) is 13.2 Å². The van der Waals surface area contributed by atoms with E-state index in [9.17, 15) is 9.59 Å². The molecule has 1 aromatic carbocycles. The van der Waals surface area contributed by atoms with Crippen LogP contribution in [0.1, 0.15) is 12.5 Å². The van der Waals surface area contributed by atoms with Crippen molar-refractivity contribution in [2.24, 2.45) is 0 Å². The van der Waals surface area contributed by atoms with Gasteiger partial charge in [-0.3, -0.25) is 4.79 Å². The summed E-state index contributed by atoms with van der Waals surface area (Å²) in [6.45, 7) is 2.85. The van der Waals surface area contributed by atoms with Gasteiger partial charge < -0.3 is 4.74 Å². The number of Topliss-reactive ketones (excluding diaryl/α,β-unsaturated/α-hetero) is 1. The summed E-state index contributed by atoms with van der Waals surface area (Å²) in [6.07, 6.45) is 3.30. The Labute approximate surface area is 112 Å². The molecule has 1 aliphatic rings. The maximum atomic E-state index is 11.9. The Morgan fingerprint density at radius 2 is 2.05 bits per heavy atom. The lowest BCUT2D eigenvalue weighted by Gasteiger charge is -2.09. The number of esters is 1. The van der Waals surface area contributed by atoms with Gasteiger partial charge >= 0.3 is 5.97 Å². The van der Waals surface area contributed by atoms with Crippen LogP contribution in [0.3, 0.4) is 0 Å². The summed E-state index contributed by atoms with van der Waals surface area (Å²) in [5, 5.41) is 0. The summed E-state index contributed by atoms with van der Waals surface area (Å²) in [7, 11) is 0. The summed E-state index contributed by atoms with van der Waals surface area (Å²) in [5.41, 5.74) is 1.26. The number of carbonyl (C=O) groups is 2. The van der Waals surface area contributed by atoms with Crippen molar-refractivity contribution in [3.63, 3.8) is 0 Å². The van der Waals surface area contributed by atoms with Gasteiger partial charge in [0.25, 0.3) is 0 Å². The van der Waals surface area contributed by atoms with Crippen LogP contribution < -0.4 is 0 Å². The number of hydrogen-bond acceptors (Lipinski definition) is 3. The predicted octanol–water partition coefficient (Wildman–Crippen LogP) is 1.34. The van der Waals surface area contributed by atoms with E-state index in [1.54, 1.807) is 13.1 Å². The van der Waals surface area contributed by atoms with E-state index in [0.717, 1.165) is 5.56 Å². The summed E-state index contributed by atoms with van der Waals surface area (Å²) in [4.78, 5) is 23.4. The van der Waals surface area contributed by atoms with Crippen LogP contribution in [0.2, 0.25) is 0 Å². The minimum Gasteiger partial charge on any atom is -0.462 e. The van der Waals surface area contributed by atoms with Gasteiger partial charge in [0.1, 0.15) is 5.57 Å². The molecule has 0 unspecified atom stereocenters. The minimum absolute atomic E-state index is 0.131. The van der Waals surface area contributed by atoms with E-state index < -0.39 is 5.97 Å². The normalized spacial score (nSPS) is 14.7. The lowest BCUT2D eigenvalue weighted by Crippen LogP contribution is -2.30. The Hall–Kier alpha value is -2.23. The topological polar surface area (TPSA) is 46.4 Å². The van der Waals surface area contributed by atoms with Crippen molar-refractivity contribution in [3.05, 3.63) is 47.5 Å². The Kier molecular flexibility index (Phi) is 4.23. The quantitative estimate of drug-likeness (QED) is 0.465. The summed E-state index contributed by atoms with van der Waals surface area (Å²) >= 11 is 0. The van der Waals surface area contributed by atoms with Crippen LogP contribution in [0.25, 0.3) is 0 Å². The first kappa shape index (κ1) is 13.2. The molecule has 0 spiro atoms. The van der Waals surface area contributed by atoms with E-state index >= 15 is 0 Å². The van der Waals surface area contributed by atoms with Crippen LogP contribution in [0.15, 0.2) is 42.0 Å². The molecule has 4 heteroatoms. The van der Waals surface area contributed by atoms with Crippen LogP contribution >= 0.6 is 0 Å². The first-order valence-electron chi connectivity index (χ1n) is 6.24. The number of ether oxygens (including phenoxy) is 1. The van der Waals surface area contributed by atoms with Crippen molar-refractivity contribution < 1.29 is 18.9 Å². The molecule has 0 N–H and O–H groups in total. The Balaban J connectivity index is 2.10. The first-order valence-corrected chi connectivity index (χ1v) is 6.24. The molecule has 0 bridgehead atoms. The van der Waals surface area contributed by atoms with E-state index in [1.807, 2.05) is 34.9 Å². The maximum Gasteiger partial charge on any atom is 0.342 e. The molecular formula is C15H16NO3+. The highest BCUT2D eigenvalue weighted by molar-refractivity contribution is 6.20. The first-order chi connectivity index (χ1) is 9.20. The molecule has 2 rings (SSSR count). The van der Waals surface area contributed by atoms with Crippen molar-refractivity contribution >= 4 is 18.0 Å². The van der Waals surface area contributed by atoms with Crippen LogP contribution in [-0.4, -0.2) is 35.7 Å². The third-order valence-electron chi connectivity index (χ3n) is 2.82. The zero-order chi connectivity index (χ0) is 13.7. The standard InChI is InChI=1S/C15H16NO3/c1-2-19-15(18)13-8-9-16(11-14(13)17)10-12-6-4-3-5-7-12/h3-9H,2,10-11H2,1H3/q+1. The molecule has 0 aliphatic carbocycles. The largest absolute Gasteiger partial charge is 0.462 e. The fraction of sp³-hybridized carbons (Fsp3) is 0.267. The Bertz CT molecular complexity index is 544. The van der Waals surface area contributed by atoms with Gasteiger partial charge in [-0.1, -0.05) is 30.3 Å². The predicted molar refractivity (Wildman–Crippen MR) is 71.1 cm³/mol. The van der Waals surface area contributed by atoms with Crippen molar-refractivity contribution in [3.8, 4) is 0 Å². The van der Waals surface area contributed by atoms with Gasteiger partial charge in [0.15, 0.2) is 12.8 Å². The fourth-order valence-electron chi connectivity index (χ4n) is 1.91. The molecule has 1 aromatic rings. The highest BCUT2D eigenvalue weighted by atomic mass is 16.5. The smallest absolute Gasteiger partial charge is 0.342 e. The average Bonchev–Trinajstić information content (AvgIpc) is 2.40. The summed E-state index contributed by atoms with van der Waals surface area (Å²) in [5.74, 6) is -0.736. The van der Waals surface area contributed by atoms with Crippen molar-refractivity contribution in [1.29, 1.82) is 0 Å². The summed E-state index contributed by atoms with van der Waals surface area (Å²) in [6, 6.07) is 9.88.